The fourth-order valence-corrected chi connectivity index (χ4v) is 6.97. The maximum atomic E-state index is 13.8. The van der Waals surface area contributed by atoms with E-state index >= 15 is 0 Å². The highest BCUT2D eigenvalue weighted by molar-refractivity contribution is 7.89. The van der Waals surface area contributed by atoms with Crippen molar-refractivity contribution in [3.05, 3.63) is 90.5 Å². The van der Waals surface area contributed by atoms with E-state index in [1.165, 1.54) is 6.07 Å². The molecule has 6 atom stereocenters. The van der Waals surface area contributed by atoms with Gasteiger partial charge in [0.2, 0.25) is 21.8 Å². The van der Waals surface area contributed by atoms with Crippen molar-refractivity contribution in [2.45, 2.75) is 76.6 Å². The molecule has 0 saturated heterocycles. The maximum Gasteiger partial charge on any atom is 0.243 e. The first kappa shape index (κ1) is 33.1. The Morgan fingerprint density at radius 2 is 1.18 bits per heavy atom. The first-order chi connectivity index (χ1) is 21.0. The van der Waals surface area contributed by atoms with Crippen molar-refractivity contribution >= 4 is 43.4 Å². The Morgan fingerprint density at radius 3 is 1.82 bits per heavy atom. The number of aliphatic hydroxyl groups is 1. The SMILES string of the molecule is CC[C@H](C)[C@H](NC(=O)[C@@H](NS(=O)(=O)c1cccc2ccccc12)[C@@H](C)CC)C(=O)N[C@@H](C)C(O)c1cccc2ccccc12. The van der Waals surface area contributed by atoms with Gasteiger partial charge in [0, 0.05) is 5.39 Å². The largest absolute Gasteiger partial charge is 0.386 e. The molecule has 0 fully saturated rings. The third-order valence-corrected chi connectivity index (χ3v) is 10.1. The molecule has 0 aliphatic rings. The summed E-state index contributed by atoms with van der Waals surface area (Å²) in [4.78, 5) is 27.5. The molecule has 1 unspecified atom stereocenters. The lowest BCUT2D eigenvalue weighted by Crippen LogP contribution is -2.58. The van der Waals surface area contributed by atoms with E-state index in [0.29, 0.717) is 23.8 Å². The topological polar surface area (TPSA) is 125 Å². The van der Waals surface area contributed by atoms with Gasteiger partial charge in [0.05, 0.1) is 17.0 Å². The quantitative estimate of drug-likeness (QED) is 0.159. The Labute approximate surface area is 260 Å². The molecular formula is C35H43N3O5S. The maximum absolute atomic E-state index is 13.8. The molecule has 0 aromatic heterocycles. The van der Waals surface area contributed by atoms with E-state index in [0.717, 1.165) is 16.2 Å². The molecule has 4 aromatic carbocycles. The highest BCUT2D eigenvalue weighted by atomic mass is 32.2. The summed E-state index contributed by atoms with van der Waals surface area (Å²) in [6.07, 6.45) is 0.137. The first-order valence-electron chi connectivity index (χ1n) is 15.2. The van der Waals surface area contributed by atoms with Crippen LogP contribution in [0, 0.1) is 11.8 Å². The summed E-state index contributed by atoms with van der Waals surface area (Å²) in [5.74, 6) is -1.63. The summed E-state index contributed by atoms with van der Waals surface area (Å²) in [5.41, 5.74) is 0.694. The van der Waals surface area contributed by atoms with Crippen molar-refractivity contribution in [3.8, 4) is 0 Å². The molecule has 8 nitrogen and oxygen atoms in total. The summed E-state index contributed by atoms with van der Waals surface area (Å²) >= 11 is 0. The molecule has 2 amide bonds. The number of rotatable bonds is 13. The number of fused-ring (bicyclic) bond motifs is 2. The van der Waals surface area contributed by atoms with E-state index in [4.69, 9.17) is 0 Å². The number of hydrogen-bond donors (Lipinski definition) is 4. The average molecular weight is 618 g/mol. The van der Waals surface area contributed by atoms with E-state index in [1.807, 2.05) is 81.4 Å². The normalized spacial score (nSPS) is 16.0. The Morgan fingerprint density at radius 1 is 0.682 bits per heavy atom. The zero-order valence-corrected chi connectivity index (χ0v) is 26.8. The van der Waals surface area contributed by atoms with Gasteiger partial charge in [-0.25, -0.2) is 8.42 Å². The number of hydrogen-bond acceptors (Lipinski definition) is 5. The summed E-state index contributed by atoms with van der Waals surface area (Å²) in [6.45, 7) is 9.18. The van der Waals surface area contributed by atoms with Gasteiger partial charge in [0.15, 0.2) is 0 Å². The molecule has 44 heavy (non-hydrogen) atoms. The predicted molar refractivity (Wildman–Crippen MR) is 175 cm³/mol. The Kier molecular flexibility index (Phi) is 10.8. The van der Waals surface area contributed by atoms with E-state index in [2.05, 4.69) is 15.4 Å². The molecule has 0 saturated carbocycles. The van der Waals surface area contributed by atoms with Crippen molar-refractivity contribution in [1.82, 2.24) is 15.4 Å². The summed E-state index contributed by atoms with van der Waals surface area (Å²) in [5, 5.41) is 20.2. The van der Waals surface area contributed by atoms with Crippen LogP contribution in [0.15, 0.2) is 89.8 Å². The lowest BCUT2D eigenvalue weighted by atomic mass is 9.94. The number of aliphatic hydroxyl groups excluding tert-OH is 1. The molecule has 0 radical (unpaired) electrons. The number of sulfonamides is 1. The van der Waals surface area contributed by atoms with Gasteiger partial charge in [0.25, 0.3) is 0 Å². The van der Waals surface area contributed by atoms with Gasteiger partial charge in [-0.15, -0.1) is 0 Å². The predicted octanol–water partition coefficient (Wildman–Crippen LogP) is 5.46. The van der Waals surface area contributed by atoms with Gasteiger partial charge in [0.1, 0.15) is 12.1 Å². The third kappa shape index (κ3) is 7.29. The standard InChI is InChI=1S/C35H43N3O5S/c1-6-22(3)31(34(40)36-24(5)33(39)29-20-12-16-25-14-8-10-18-27(25)29)37-35(41)32(23(4)7-2)38-44(42,43)30-21-13-17-26-15-9-11-19-28(26)30/h8-24,31-33,38-39H,6-7H2,1-5H3,(H,36,40)(H,37,41)/t22-,23-,24-,31-,32-,33?/m0/s1. The summed E-state index contributed by atoms with van der Waals surface area (Å²) < 4.78 is 29.9. The zero-order valence-electron chi connectivity index (χ0n) is 25.9. The monoisotopic (exact) mass is 617 g/mol. The highest BCUT2D eigenvalue weighted by Gasteiger charge is 2.35. The van der Waals surface area contributed by atoms with Gasteiger partial charge in [-0.3, -0.25) is 9.59 Å². The minimum atomic E-state index is -4.09. The molecule has 4 N–H and O–H groups in total. The molecule has 0 aliphatic carbocycles. The minimum Gasteiger partial charge on any atom is -0.386 e. The van der Waals surface area contributed by atoms with Crippen LogP contribution in [0.5, 0.6) is 0 Å². The van der Waals surface area contributed by atoms with Crippen LogP contribution in [0.4, 0.5) is 0 Å². The molecule has 9 heteroatoms. The van der Waals surface area contributed by atoms with E-state index in [9.17, 15) is 23.1 Å². The number of benzene rings is 4. The lowest BCUT2D eigenvalue weighted by molar-refractivity contribution is -0.132. The van der Waals surface area contributed by atoms with Crippen LogP contribution in [-0.4, -0.2) is 43.5 Å². The molecule has 234 valence electrons. The molecule has 4 rings (SSSR count). The molecule has 0 spiro atoms. The van der Waals surface area contributed by atoms with Gasteiger partial charge < -0.3 is 15.7 Å². The van der Waals surface area contributed by atoms with Gasteiger partial charge in [-0.1, -0.05) is 119 Å². The van der Waals surface area contributed by atoms with Crippen LogP contribution in [0.2, 0.25) is 0 Å². The van der Waals surface area contributed by atoms with Gasteiger partial charge in [-0.05, 0) is 46.5 Å². The smallest absolute Gasteiger partial charge is 0.243 e. The number of nitrogens with one attached hydrogen (secondary N) is 3. The van der Waals surface area contributed by atoms with Gasteiger partial charge in [-0.2, -0.15) is 4.72 Å². The second-order valence-electron chi connectivity index (χ2n) is 11.6. The fourth-order valence-electron chi connectivity index (χ4n) is 5.44. The van der Waals surface area contributed by atoms with Crippen LogP contribution >= 0.6 is 0 Å². The lowest BCUT2D eigenvalue weighted by Gasteiger charge is -2.30. The van der Waals surface area contributed by atoms with Gasteiger partial charge >= 0.3 is 0 Å². The van der Waals surface area contributed by atoms with Crippen LogP contribution in [0.3, 0.4) is 0 Å². The van der Waals surface area contributed by atoms with Crippen LogP contribution in [0.25, 0.3) is 21.5 Å². The molecule has 0 heterocycles. The van der Waals surface area contributed by atoms with Crippen molar-refractivity contribution in [3.63, 3.8) is 0 Å². The van der Waals surface area contributed by atoms with Crippen molar-refractivity contribution < 1.29 is 23.1 Å². The van der Waals surface area contributed by atoms with E-state index in [1.54, 1.807) is 32.0 Å². The van der Waals surface area contributed by atoms with Crippen molar-refractivity contribution in [1.29, 1.82) is 0 Å². The summed E-state index contributed by atoms with van der Waals surface area (Å²) in [7, 11) is -4.09. The van der Waals surface area contributed by atoms with E-state index < -0.39 is 46.1 Å². The second-order valence-corrected chi connectivity index (χ2v) is 13.3. The molecular weight excluding hydrogens is 574 g/mol. The van der Waals surface area contributed by atoms with Crippen LogP contribution < -0.4 is 15.4 Å². The highest BCUT2D eigenvalue weighted by Crippen LogP contribution is 2.27. The van der Waals surface area contributed by atoms with Crippen molar-refractivity contribution in [2.75, 3.05) is 0 Å². The number of amides is 2. The second kappa shape index (κ2) is 14.3. The molecule has 0 bridgehead atoms. The Balaban J connectivity index is 1.55. The number of carbonyl (C=O) groups is 2. The summed E-state index contributed by atoms with van der Waals surface area (Å²) in [6, 6.07) is 22.9. The Bertz CT molecular complexity index is 1710. The van der Waals surface area contributed by atoms with Crippen LogP contribution in [-0.2, 0) is 19.6 Å². The van der Waals surface area contributed by atoms with Crippen molar-refractivity contribution in [2.24, 2.45) is 11.8 Å². The third-order valence-electron chi connectivity index (χ3n) is 8.60. The van der Waals surface area contributed by atoms with E-state index in [-0.39, 0.29) is 16.7 Å². The number of carbonyl (C=O) groups excluding carboxylic acids is 2. The average Bonchev–Trinajstić information content (AvgIpc) is 3.04. The van der Waals surface area contributed by atoms with Crippen LogP contribution in [0.1, 0.15) is 59.1 Å². The molecule has 4 aromatic rings. The minimum absolute atomic E-state index is 0.0872. The fraction of sp³-hybridized carbons (Fsp3) is 0.371. The Hall–Kier alpha value is -3.79. The first-order valence-corrected chi connectivity index (χ1v) is 16.7. The molecule has 0 aliphatic heterocycles. The zero-order chi connectivity index (χ0) is 32.0.